The van der Waals surface area contributed by atoms with Crippen molar-refractivity contribution < 1.29 is 18.8 Å². The van der Waals surface area contributed by atoms with Crippen molar-refractivity contribution in [3.63, 3.8) is 0 Å². The summed E-state index contributed by atoms with van der Waals surface area (Å²) in [4.78, 5) is 25.1. The maximum absolute atomic E-state index is 13.9. The van der Waals surface area contributed by atoms with Crippen molar-refractivity contribution in [1.29, 1.82) is 0 Å². The highest BCUT2D eigenvalue weighted by molar-refractivity contribution is 5.91. The van der Waals surface area contributed by atoms with Gasteiger partial charge in [-0.1, -0.05) is 0 Å². The number of ether oxygens (including phenoxy) is 1. The Labute approximate surface area is 188 Å². The molecule has 170 valence electrons. The first-order valence-electron chi connectivity index (χ1n) is 10.5. The standard InChI is InChI=1S/C23H22FN5O4/c1-33-20-14-16(29(31)32)5-6-17(20)25-22(30)27-11-8-23(9-12-27)21-3-2-10-28(21)19-7-4-15(24)13-18(19)26-23/h2-7,10,13-14,26H,8-9,11-12H2,1H3,(H,25,30). The van der Waals surface area contributed by atoms with Gasteiger partial charge in [0.2, 0.25) is 0 Å². The molecular formula is C23H22FN5O4. The average Bonchev–Trinajstić information content (AvgIpc) is 3.31. The predicted octanol–water partition coefficient (Wildman–Crippen LogP) is 4.48. The molecule has 3 aromatic rings. The van der Waals surface area contributed by atoms with Gasteiger partial charge >= 0.3 is 6.03 Å². The van der Waals surface area contributed by atoms with E-state index in [1.165, 1.54) is 37.4 Å². The number of hydrogen-bond donors (Lipinski definition) is 2. The molecule has 2 N–H and O–H groups in total. The maximum Gasteiger partial charge on any atom is 0.321 e. The number of rotatable bonds is 3. The molecule has 3 heterocycles. The highest BCUT2D eigenvalue weighted by Crippen LogP contribution is 2.43. The molecule has 1 aromatic heterocycles. The maximum atomic E-state index is 13.9. The van der Waals surface area contributed by atoms with Crippen molar-refractivity contribution in [2.24, 2.45) is 0 Å². The second-order valence-corrected chi connectivity index (χ2v) is 8.19. The lowest BCUT2D eigenvalue weighted by atomic mass is 9.82. The Bertz CT molecular complexity index is 1250. The fraction of sp³-hybridized carbons (Fsp3) is 0.261. The van der Waals surface area contributed by atoms with Crippen LogP contribution < -0.4 is 15.4 Å². The summed E-state index contributed by atoms with van der Waals surface area (Å²) in [7, 11) is 1.39. The molecule has 2 aliphatic rings. The van der Waals surface area contributed by atoms with Crippen LogP contribution in [0, 0.1) is 15.9 Å². The predicted molar refractivity (Wildman–Crippen MR) is 121 cm³/mol. The normalized spacial score (nSPS) is 15.9. The third-order valence-electron chi connectivity index (χ3n) is 6.37. The number of amides is 2. The molecule has 10 heteroatoms. The smallest absolute Gasteiger partial charge is 0.321 e. The van der Waals surface area contributed by atoms with Crippen LogP contribution in [0.1, 0.15) is 18.5 Å². The van der Waals surface area contributed by atoms with Gasteiger partial charge < -0.3 is 24.8 Å². The number of nitrogens with one attached hydrogen (secondary N) is 2. The van der Waals surface area contributed by atoms with E-state index in [1.54, 1.807) is 11.0 Å². The van der Waals surface area contributed by atoms with Crippen LogP contribution >= 0.6 is 0 Å². The molecule has 5 rings (SSSR count). The third-order valence-corrected chi connectivity index (χ3v) is 6.37. The van der Waals surface area contributed by atoms with Crippen LogP contribution in [0.4, 0.5) is 26.2 Å². The van der Waals surface area contributed by atoms with Crippen molar-refractivity contribution in [3.8, 4) is 11.4 Å². The van der Waals surface area contributed by atoms with Crippen LogP contribution in [-0.4, -0.2) is 40.6 Å². The molecule has 2 amide bonds. The summed E-state index contributed by atoms with van der Waals surface area (Å²) in [6.45, 7) is 0.952. The number of non-ortho nitro benzene ring substituents is 1. The molecule has 1 fully saturated rings. The number of hydrogen-bond acceptors (Lipinski definition) is 5. The number of carbonyl (C=O) groups excluding carboxylic acids is 1. The van der Waals surface area contributed by atoms with Crippen LogP contribution in [0.25, 0.3) is 5.69 Å². The van der Waals surface area contributed by atoms with Gasteiger partial charge in [-0.25, -0.2) is 9.18 Å². The molecule has 0 saturated carbocycles. The SMILES string of the molecule is COc1cc([N+](=O)[O-])ccc1NC(=O)N1CCC2(CC1)Nc1cc(F)ccc1-n1cccc12. The van der Waals surface area contributed by atoms with E-state index in [1.807, 2.05) is 12.3 Å². The zero-order valence-electron chi connectivity index (χ0n) is 17.9. The molecule has 2 aromatic carbocycles. The van der Waals surface area contributed by atoms with E-state index < -0.39 is 10.5 Å². The van der Waals surface area contributed by atoms with E-state index >= 15 is 0 Å². The summed E-state index contributed by atoms with van der Waals surface area (Å²) >= 11 is 0. The van der Waals surface area contributed by atoms with Crippen molar-refractivity contribution in [3.05, 3.63) is 76.4 Å². The van der Waals surface area contributed by atoms with Gasteiger partial charge in [0.25, 0.3) is 5.69 Å². The number of benzene rings is 2. The van der Waals surface area contributed by atoms with Crippen LogP contribution in [0.3, 0.4) is 0 Å². The van der Waals surface area contributed by atoms with E-state index in [9.17, 15) is 19.3 Å². The number of nitro groups is 1. The molecule has 9 nitrogen and oxygen atoms in total. The third kappa shape index (κ3) is 3.53. The Morgan fingerprint density at radius 2 is 2.00 bits per heavy atom. The van der Waals surface area contributed by atoms with Gasteiger partial charge in [0, 0.05) is 31.0 Å². The van der Waals surface area contributed by atoms with Crippen LogP contribution in [0.15, 0.2) is 54.7 Å². The first-order chi connectivity index (χ1) is 15.9. The van der Waals surface area contributed by atoms with Gasteiger partial charge in [-0.3, -0.25) is 10.1 Å². The van der Waals surface area contributed by atoms with E-state index in [0.717, 1.165) is 17.1 Å². The van der Waals surface area contributed by atoms with E-state index in [0.29, 0.717) is 31.6 Å². The summed E-state index contributed by atoms with van der Waals surface area (Å²) < 4.78 is 21.2. The summed E-state index contributed by atoms with van der Waals surface area (Å²) in [5, 5.41) is 17.3. The van der Waals surface area contributed by atoms with Crippen molar-refractivity contribution in [1.82, 2.24) is 9.47 Å². The average molecular weight is 451 g/mol. The lowest BCUT2D eigenvalue weighted by molar-refractivity contribution is -0.384. The number of carbonyl (C=O) groups is 1. The Balaban J connectivity index is 1.33. The van der Waals surface area contributed by atoms with Crippen LogP contribution in [-0.2, 0) is 5.54 Å². The highest BCUT2D eigenvalue weighted by atomic mass is 19.1. The number of nitrogens with zero attached hydrogens (tertiary/aromatic N) is 3. The minimum absolute atomic E-state index is 0.118. The van der Waals surface area contributed by atoms with Crippen LogP contribution in [0.5, 0.6) is 5.75 Å². The number of methoxy groups -OCH3 is 1. The zero-order valence-corrected chi connectivity index (χ0v) is 17.9. The lowest BCUT2D eigenvalue weighted by Crippen LogP contribution is -2.51. The molecule has 2 aliphatic heterocycles. The van der Waals surface area contributed by atoms with Gasteiger partial charge in [0.1, 0.15) is 11.6 Å². The van der Waals surface area contributed by atoms with E-state index in [4.69, 9.17) is 4.74 Å². The first kappa shape index (κ1) is 20.8. The lowest BCUT2D eigenvalue weighted by Gasteiger charge is -2.46. The van der Waals surface area contributed by atoms with Crippen LogP contribution in [0.2, 0.25) is 0 Å². The second kappa shape index (κ2) is 7.80. The minimum atomic E-state index is -0.519. The van der Waals surface area contributed by atoms with Gasteiger partial charge in [0.15, 0.2) is 0 Å². The quantitative estimate of drug-likeness (QED) is 0.452. The number of nitro benzene ring substituents is 1. The second-order valence-electron chi connectivity index (χ2n) is 8.19. The molecule has 0 unspecified atom stereocenters. The van der Waals surface area contributed by atoms with Gasteiger partial charge in [0.05, 0.1) is 40.7 Å². The van der Waals surface area contributed by atoms with Gasteiger partial charge in [-0.2, -0.15) is 0 Å². The van der Waals surface area contributed by atoms with Gasteiger partial charge in [-0.05, 0) is 49.2 Å². The van der Waals surface area contributed by atoms with Crippen molar-refractivity contribution in [2.75, 3.05) is 30.8 Å². The number of fused-ring (bicyclic) bond motifs is 4. The topological polar surface area (TPSA) is 102 Å². The number of halogens is 1. The van der Waals surface area contributed by atoms with Crippen molar-refractivity contribution in [2.45, 2.75) is 18.4 Å². The number of aromatic nitrogens is 1. The summed E-state index contributed by atoms with van der Waals surface area (Å²) in [6, 6.07) is 12.5. The highest BCUT2D eigenvalue weighted by Gasteiger charge is 2.42. The minimum Gasteiger partial charge on any atom is -0.494 e. The summed E-state index contributed by atoms with van der Waals surface area (Å²) in [6.07, 6.45) is 3.24. The fourth-order valence-electron chi connectivity index (χ4n) is 4.68. The van der Waals surface area contributed by atoms with Crippen molar-refractivity contribution >= 4 is 23.1 Å². The Morgan fingerprint density at radius 1 is 1.21 bits per heavy atom. The molecule has 33 heavy (non-hydrogen) atoms. The Morgan fingerprint density at radius 3 is 2.73 bits per heavy atom. The largest absolute Gasteiger partial charge is 0.494 e. The zero-order chi connectivity index (χ0) is 23.2. The summed E-state index contributed by atoms with van der Waals surface area (Å²) in [5.74, 6) is -0.0858. The fourth-order valence-corrected chi connectivity index (χ4v) is 4.68. The Kier molecular flexibility index (Phi) is 4.92. The number of piperidine rings is 1. The molecule has 0 atom stereocenters. The van der Waals surface area contributed by atoms with E-state index in [2.05, 4.69) is 21.3 Å². The summed E-state index contributed by atoms with van der Waals surface area (Å²) in [5.41, 5.74) is 2.54. The number of likely N-dealkylation sites (tertiary alicyclic amines) is 1. The number of anilines is 2. The molecule has 1 saturated heterocycles. The monoisotopic (exact) mass is 451 g/mol. The molecule has 0 aliphatic carbocycles. The molecule has 1 spiro atoms. The van der Waals surface area contributed by atoms with E-state index in [-0.39, 0.29) is 23.3 Å². The molecular weight excluding hydrogens is 429 g/mol. The first-order valence-corrected chi connectivity index (χ1v) is 10.5. The Hall–Kier alpha value is -4.08. The molecule has 0 bridgehead atoms. The molecule has 0 radical (unpaired) electrons. The van der Waals surface area contributed by atoms with Gasteiger partial charge in [-0.15, -0.1) is 0 Å². The number of urea groups is 1.